The van der Waals surface area contributed by atoms with Gasteiger partial charge in [-0.3, -0.25) is 9.89 Å². The normalized spacial score (nSPS) is 18.3. The van der Waals surface area contributed by atoms with Crippen molar-refractivity contribution in [2.75, 3.05) is 13.2 Å². The van der Waals surface area contributed by atoms with Crippen LogP contribution in [-0.4, -0.2) is 42.9 Å². The molecule has 1 saturated heterocycles. The maximum atomic E-state index is 11.8. The van der Waals surface area contributed by atoms with Crippen LogP contribution in [0.15, 0.2) is 15.4 Å². The van der Waals surface area contributed by atoms with Crippen molar-refractivity contribution < 1.29 is 9.26 Å². The third-order valence-corrected chi connectivity index (χ3v) is 3.60. The van der Waals surface area contributed by atoms with Crippen molar-refractivity contribution in [3.05, 3.63) is 39.7 Å². The summed E-state index contributed by atoms with van der Waals surface area (Å²) in [5.74, 6) is 2.19. The molecule has 0 bridgehead atoms. The fourth-order valence-corrected chi connectivity index (χ4v) is 2.50. The Balaban J connectivity index is 1.60. The Labute approximate surface area is 124 Å². The predicted octanol–water partition coefficient (Wildman–Crippen LogP) is 0.204. The topological polar surface area (TPSA) is 111 Å². The largest absolute Gasteiger partial charge is 0.381 e. The minimum absolute atomic E-state index is 0.195. The molecule has 1 aliphatic rings. The summed E-state index contributed by atoms with van der Waals surface area (Å²) in [4.78, 5) is 24.7. The van der Waals surface area contributed by atoms with E-state index in [1.807, 2.05) is 0 Å². The van der Waals surface area contributed by atoms with Crippen LogP contribution in [0.25, 0.3) is 5.78 Å². The molecule has 0 amide bonds. The molecule has 0 aliphatic carbocycles. The van der Waals surface area contributed by atoms with Gasteiger partial charge in [0.1, 0.15) is 5.82 Å². The van der Waals surface area contributed by atoms with Gasteiger partial charge in [-0.1, -0.05) is 5.16 Å². The van der Waals surface area contributed by atoms with Crippen LogP contribution in [0.2, 0.25) is 0 Å². The van der Waals surface area contributed by atoms with Crippen LogP contribution < -0.4 is 5.56 Å². The lowest BCUT2D eigenvalue weighted by Gasteiger charge is -1.97. The summed E-state index contributed by atoms with van der Waals surface area (Å²) < 4.78 is 11.9. The molecular weight excluding hydrogens is 288 g/mol. The summed E-state index contributed by atoms with van der Waals surface area (Å²) in [6.07, 6.45) is 1.23. The zero-order chi connectivity index (χ0) is 15.1. The number of hydrogen-bond acceptors (Lipinski definition) is 7. The standard InChI is InChI=1S/C13H14N6O3/c1-7-4-11(20)19-13(14-7)15-9(17-19)5-10-16-12(18-22-10)8-2-3-21-6-8/h4,8H,2-3,5-6H2,1H3,(H,14,15,17). The van der Waals surface area contributed by atoms with E-state index in [0.717, 1.165) is 13.0 Å². The quantitative estimate of drug-likeness (QED) is 0.735. The molecule has 0 saturated carbocycles. The molecule has 0 spiro atoms. The second kappa shape index (κ2) is 5.02. The lowest BCUT2D eigenvalue weighted by Crippen LogP contribution is -2.14. The summed E-state index contributed by atoms with van der Waals surface area (Å²) in [5.41, 5.74) is 0.430. The zero-order valence-corrected chi connectivity index (χ0v) is 11.9. The average molecular weight is 302 g/mol. The first kappa shape index (κ1) is 13.1. The Kier molecular flexibility index (Phi) is 3.00. The molecule has 3 aromatic rings. The summed E-state index contributed by atoms with van der Waals surface area (Å²) in [6, 6.07) is 1.44. The Morgan fingerprint density at radius 3 is 3.14 bits per heavy atom. The summed E-state index contributed by atoms with van der Waals surface area (Å²) in [5, 5.41) is 6.88. The Morgan fingerprint density at radius 1 is 1.41 bits per heavy atom. The van der Waals surface area contributed by atoms with E-state index in [1.165, 1.54) is 10.6 Å². The summed E-state index contributed by atoms with van der Waals surface area (Å²) >= 11 is 0. The van der Waals surface area contributed by atoms with Gasteiger partial charge < -0.3 is 9.26 Å². The molecule has 1 unspecified atom stereocenters. The molecule has 1 atom stereocenters. The van der Waals surface area contributed by atoms with Gasteiger partial charge in [0.25, 0.3) is 11.3 Å². The first-order valence-electron chi connectivity index (χ1n) is 7.04. The third kappa shape index (κ3) is 2.29. The van der Waals surface area contributed by atoms with Crippen LogP contribution in [0.3, 0.4) is 0 Å². The number of ether oxygens (including phenoxy) is 1. The minimum Gasteiger partial charge on any atom is -0.381 e. The summed E-state index contributed by atoms with van der Waals surface area (Å²) in [7, 11) is 0. The van der Waals surface area contributed by atoms with Gasteiger partial charge in [0.05, 0.1) is 13.0 Å². The van der Waals surface area contributed by atoms with E-state index in [-0.39, 0.29) is 11.5 Å². The number of aromatic amines is 1. The number of nitrogens with zero attached hydrogens (tertiary/aromatic N) is 5. The predicted molar refractivity (Wildman–Crippen MR) is 73.6 cm³/mol. The molecule has 22 heavy (non-hydrogen) atoms. The van der Waals surface area contributed by atoms with Gasteiger partial charge in [-0.05, 0) is 13.3 Å². The number of nitrogens with one attached hydrogen (secondary N) is 1. The first-order valence-corrected chi connectivity index (χ1v) is 7.04. The molecular formula is C13H14N6O3. The van der Waals surface area contributed by atoms with E-state index < -0.39 is 0 Å². The van der Waals surface area contributed by atoms with E-state index in [2.05, 4.69) is 25.2 Å². The Morgan fingerprint density at radius 2 is 2.32 bits per heavy atom. The highest BCUT2D eigenvalue weighted by Gasteiger charge is 2.23. The van der Waals surface area contributed by atoms with Gasteiger partial charge in [-0.15, -0.1) is 0 Å². The fourth-order valence-electron chi connectivity index (χ4n) is 2.50. The number of hydrogen-bond donors (Lipinski definition) is 1. The highest BCUT2D eigenvalue weighted by atomic mass is 16.5. The smallest absolute Gasteiger partial charge is 0.274 e. The third-order valence-electron chi connectivity index (χ3n) is 3.60. The average Bonchev–Trinajstić information content (AvgIpc) is 3.17. The van der Waals surface area contributed by atoms with E-state index in [1.54, 1.807) is 6.92 Å². The van der Waals surface area contributed by atoms with Crippen LogP contribution in [0.4, 0.5) is 0 Å². The number of aryl methyl sites for hydroxylation is 1. The van der Waals surface area contributed by atoms with Gasteiger partial charge in [0, 0.05) is 24.3 Å². The van der Waals surface area contributed by atoms with Crippen molar-refractivity contribution in [1.29, 1.82) is 0 Å². The fraction of sp³-hybridized carbons (Fsp3) is 0.462. The van der Waals surface area contributed by atoms with Crippen molar-refractivity contribution in [1.82, 2.24) is 29.7 Å². The van der Waals surface area contributed by atoms with Gasteiger partial charge in [-0.25, -0.2) is 4.98 Å². The highest BCUT2D eigenvalue weighted by molar-refractivity contribution is 5.28. The van der Waals surface area contributed by atoms with Crippen molar-refractivity contribution in [2.24, 2.45) is 0 Å². The van der Waals surface area contributed by atoms with Crippen molar-refractivity contribution in [3.8, 4) is 0 Å². The number of rotatable bonds is 3. The minimum atomic E-state index is -0.199. The van der Waals surface area contributed by atoms with E-state index in [4.69, 9.17) is 9.26 Å². The van der Waals surface area contributed by atoms with Crippen LogP contribution in [0.1, 0.15) is 35.6 Å². The Bertz CT molecular complexity index is 873. The molecule has 0 radical (unpaired) electrons. The molecule has 3 aromatic heterocycles. The number of fused-ring (bicyclic) bond motifs is 1. The molecule has 114 valence electrons. The monoisotopic (exact) mass is 302 g/mol. The van der Waals surface area contributed by atoms with E-state index in [0.29, 0.717) is 42.0 Å². The molecule has 1 fully saturated rings. The molecule has 4 rings (SSSR count). The van der Waals surface area contributed by atoms with Gasteiger partial charge in [-0.2, -0.15) is 14.5 Å². The van der Waals surface area contributed by atoms with Crippen LogP contribution >= 0.6 is 0 Å². The van der Waals surface area contributed by atoms with Crippen molar-refractivity contribution in [2.45, 2.75) is 25.7 Å². The number of H-pyrrole nitrogens is 1. The van der Waals surface area contributed by atoms with Crippen LogP contribution in [0, 0.1) is 6.92 Å². The molecule has 9 nitrogen and oxygen atoms in total. The molecule has 1 N–H and O–H groups in total. The second-order valence-corrected chi connectivity index (χ2v) is 5.33. The zero-order valence-electron chi connectivity index (χ0n) is 11.9. The molecule has 0 aromatic carbocycles. The van der Waals surface area contributed by atoms with Gasteiger partial charge >= 0.3 is 0 Å². The van der Waals surface area contributed by atoms with E-state index in [9.17, 15) is 4.79 Å². The van der Waals surface area contributed by atoms with Crippen LogP contribution in [0.5, 0.6) is 0 Å². The first-order chi connectivity index (χ1) is 10.7. The number of aromatic nitrogens is 6. The maximum Gasteiger partial charge on any atom is 0.274 e. The van der Waals surface area contributed by atoms with E-state index >= 15 is 0 Å². The lowest BCUT2D eigenvalue weighted by atomic mass is 10.1. The van der Waals surface area contributed by atoms with Crippen LogP contribution in [-0.2, 0) is 11.2 Å². The Hall–Kier alpha value is -2.55. The maximum absolute atomic E-state index is 11.8. The molecule has 4 heterocycles. The highest BCUT2D eigenvalue weighted by Crippen LogP contribution is 2.22. The van der Waals surface area contributed by atoms with Crippen molar-refractivity contribution in [3.63, 3.8) is 0 Å². The van der Waals surface area contributed by atoms with Gasteiger partial charge in [0.2, 0.25) is 5.89 Å². The lowest BCUT2D eigenvalue weighted by molar-refractivity contribution is 0.192. The second-order valence-electron chi connectivity index (χ2n) is 5.33. The SMILES string of the molecule is Cc1cc(=O)n2[nH]c(Cc3nc(C4CCOC4)no3)nc2n1. The summed E-state index contributed by atoms with van der Waals surface area (Å²) in [6.45, 7) is 3.11. The van der Waals surface area contributed by atoms with Gasteiger partial charge in [0.15, 0.2) is 5.82 Å². The molecule has 1 aliphatic heterocycles. The molecule has 9 heteroatoms. The van der Waals surface area contributed by atoms with Crippen molar-refractivity contribution >= 4 is 5.78 Å².